The fraction of sp³-hybridized carbons (Fsp3) is 0.357. The zero-order chi connectivity index (χ0) is 15.0. The molecule has 1 rings (SSSR count). The molecule has 6 heteroatoms. The quantitative estimate of drug-likeness (QED) is 0.485. The fourth-order valence-electron chi connectivity index (χ4n) is 1.52. The van der Waals surface area contributed by atoms with Crippen molar-refractivity contribution in [3.8, 4) is 0 Å². The van der Waals surface area contributed by atoms with E-state index in [1.165, 1.54) is 0 Å². The molecule has 1 aromatic carbocycles. The fourth-order valence-corrected chi connectivity index (χ4v) is 1.52. The van der Waals surface area contributed by atoms with E-state index >= 15 is 0 Å². The summed E-state index contributed by atoms with van der Waals surface area (Å²) in [6, 6.07) is 6.79. The number of hydrogen-bond donors (Lipinski definition) is 1. The monoisotopic (exact) mass is 279 g/mol. The third kappa shape index (κ3) is 4.38. The van der Waals surface area contributed by atoms with Gasteiger partial charge in [0.25, 0.3) is 0 Å². The molecule has 108 valence electrons. The Morgan fingerprint density at radius 2 is 1.65 bits per heavy atom. The molecular weight excluding hydrogens is 262 g/mol. The number of amides is 1. The van der Waals surface area contributed by atoms with E-state index in [0.717, 1.165) is 0 Å². The van der Waals surface area contributed by atoms with Crippen molar-refractivity contribution in [1.29, 1.82) is 0 Å². The molecule has 1 N–H and O–H groups in total. The Labute approximate surface area is 117 Å². The highest BCUT2D eigenvalue weighted by molar-refractivity contribution is 6.13. The number of Topliss-reactive ketones (excluding diaryl/α,β-unsaturated/α-hetero) is 1. The lowest BCUT2D eigenvalue weighted by atomic mass is 10.0. The molecule has 0 saturated heterocycles. The van der Waals surface area contributed by atoms with Gasteiger partial charge >= 0.3 is 12.1 Å². The van der Waals surface area contributed by atoms with Crippen LogP contribution in [0.25, 0.3) is 0 Å². The number of ketones is 1. The molecule has 1 aromatic rings. The number of carbonyl (C=O) groups is 3. The lowest BCUT2D eigenvalue weighted by molar-refractivity contribution is -0.144. The Bertz CT molecular complexity index is 472. The molecule has 20 heavy (non-hydrogen) atoms. The van der Waals surface area contributed by atoms with Crippen LogP contribution < -0.4 is 5.32 Å². The molecule has 1 unspecified atom stereocenters. The minimum atomic E-state index is -1.41. The van der Waals surface area contributed by atoms with Crippen LogP contribution in [0, 0.1) is 0 Å². The third-order valence-corrected chi connectivity index (χ3v) is 2.38. The Morgan fingerprint density at radius 3 is 2.20 bits per heavy atom. The summed E-state index contributed by atoms with van der Waals surface area (Å²) in [6.07, 6.45) is -0.838. The molecule has 0 aliphatic rings. The summed E-state index contributed by atoms with van der Waals surface area (Å²) >= 11 is 0. The molecule has 0 aromatic heterocycles. The van der Waals surface area contributed by atoms with Crippen LogP contribution in [0.3, 0.4) is 0 Å². The molecule has 0 aliphatic heterocycles. The van der Waals surface area contributed by atoms with E-state index in [1.807, 2.05) is 0 Å². The van der Waals surface area contributed by atoms with Crippen molar-refractivity contribution in [2.45, 2.75) is 19.9 Å². The molecule has 0 bridgehead atoms. The minimum absolute atomic E-state index is 0.113. The van der Waals surface area contributed by atoms with Gasteiger partial charge in [0.05, 0.1) is 13.2 Å². The number of alkyl carbamates (subject to hydrolysis) is 1. The SMILES string of the molecule is CCOC(=O)NC(C(=O)OCC)C(=O)c1ccccc1. The summed E-state index contributed by atoms with van der Waals surface area (Å²) in [5.74, 6) is -1.36. The number of rotatable bonds is 6. The van der Waals surface area contributed by atoms with Crippen LogP contribution in [0.15, 0.2) is 30.3 Å². The first kappa shape index (κ1) is 15.7. The summed E-state index contributed by atoms with van der Waals surface area (Å²) in [7, 11) is 0. The maximum absolute atomic E-state index is 12.2. The Kier molecular flexibility index (Phi) is 6.22. The second-order valence-electron chi connectivity index (χ2n) is 3.78. The second-order valence-corrected chi connectivity index (χ2v) is 3.78. The number of ether oxygens (including phenoxy) is 2. The van der Waals surface area contributed by atoms with Crippen molar-refractivity contribution in [1.82, 2.24) is 5.32 Å². The number of hydrogen-bond acceptors (Lipinski definition) is 5. The van der Waals surface area contributed by atoms with Crippen LogP contribution >= 0.6 is 0 Å². The van der Waals surface area contributed by atoms with Crippen LogP contribution in [0.1, 0.15) is 24.2 Å². The van der Waals surface area contributed by atoms with Gasteiger partial charge in [0.1, 0.15) is 0 Å². The van der Waals surface area contributed by atoms with Crippen molar-refractivity contribution in [2.24, 2.45) is 0 Å². The molecule has 0 fully saturated rings. The summed E-state index contributed by atoms with van der Waals surface area (Å²) in [6.45, 7) is 3.49. The Hall–Kier alpha value is -2.37. The van der Waals surface area contributed by atoms with Crippen LogP contribution in [-0.4, -0.2) is 37.1 Å². The Morgan fingerprint density at radius 1 is 1.05 bits per heavy atom. The minimum Gasteiger partial charge on any atom is -0.464 e. The molecular formula is C14H17NO5. The zero-order valence-electron chi connectivity index (χ0n) is 11.4. The van der Waals surface area contributed by atoms with Crippen LogP contribution in [0.4, 0.5) is 4.79 Å². The maximum Gasteiger partial charge on any atom is 0.408 e. The highest BCUT2D eigenvalue weighted by Crippen LogP contribution is 2.05. The summed E-state index contributed by atoms with van der Waals surface area (Å²) < 4.78 is 9.47. The highest BCUT2D eigenvalue weighted by Gasteiger charge is 2.31. The number of nitrogens with one attached hydrogen (secondary N) is 1. The molecule has 0 radical (unpaired) electrons. The van der Waals surface area contributed by atoms with E-state index in [2.05, 4.69) is 10.1 Å². The van der Waals surface area contributed by atoms with Gasteiger partial charge in [-0.1, -0.05) is 30.3 Å². The van der Waals surface area contributed by atoms with Crippen molar-refractivity contribution in [2.75, 3.05) is 13.2 Å². The standard InChI is InChI=1S/C14H17NO5/c1-3-19-13(17)11(15-14(18)20-4-2)12(16)10-8-6-5-7-9-10/h5-9,11H,3-4H2,1-2H3,(H,15,18). The van der Waals surface area contributed by atoms with Gasteiger partial charge < -0.3 is 14.8 Å². The summed E-state index contributed by atoms with van der Waals surface area (Å²) in [5.41, 5.74) is 0.308. The van der Waals surface area contributed by atoms with Gasteiger partial charge in [0.15, 0.2) is 11.8 Å². The Balaban J connectivity index is 2.89. The first-order chi connectivity index (χ1) is 9.60. The average Bonchev–Trinajstić information content (AvgIpc) is 2.45. The lowest BCUT2D eigenvalue weighted by Crippen LogP contribution is -2.47. The van der Waals surface area contributed by atoms with E-state index in [1.54, 1.807) is 44.2 Å². The van der Waals surface area contributed by atoms with Gasteiger partial charge in [-0.15, -0.1) is 0 Å². The van der Waals surface area contributed by atoms with Gasteiger partial charge in [0.2, 0.25) is 0 Å². The molecule has 0 heterocycles. The van der Waals surface area contributed by atoms with Crippen molar-refractivity contribution in [3.05, 3.63) is 35.9 Å². The van der Waals surface area contributed by atoms with Crippen molar-refractivity contribution < 1.29 is 23.9 Å². The smallest absolute Gasteiger partial charge is 0.408 e. The lowest BCUT2D eigenvalue weighted by Gasteiger charge is -2.15. The number of esters is 1. The van der Waals surface area contributed by atoms with Gasteiger partial charge in [-0.05, 0) is 13.8 Å². The highest BCUT2D eigenvalue weighted by atomic mass is 16.6. The third-order valence-electron chi connectivity index (χ3n) is 2.38. The van der Waals surface area contributed by atoms with Gasteiger partial charge in [0, 0.05) is 5.56 Å². The van der Waals surface area contributed by atoms with E-state index in [0.29, 0.717) is 5.56 Å². The number of benzene rings is 1. The first-order valence-electron chi connectivity index (χ1n) is 6.29. The molecule has 1 amide bonds. The van der Waals surface area contributed by atoms with E-state index in [9.17, 15) is 14.4 Å². The van der Waals surface area contributed by atoms with Crippen molar-refractivity contribution in [3.63, 3.8) is 0 Å². The van der Waals surface area contributed by atoms with E-state index in [-0.39, 0.29) is 13.2 Å². The van der Waals surface area contributed by atoms with Crippen LogP contribution in [-0.2, 0) is 14.3 Å². The van der Waals surface area contributed by atoms with Gasteiger partial charge in [-0.3, -0.25) is 4.79 Å². The zero-order valence-corrected chi connectivity index (χ0v) is 11.4. The second kappa shape index (κ2) is 7.93. The molecule has 6 nitrogen and oxygen atoms in total. The van der Waals surface area contributed by atoms with Gasteiger partial charge in [-0.2, -0.15) is 0 Å². The first-order valence-corrected chi connectivity index (χ1v) is 6.29. The van der Waals surface area contributed by atoms with Gasteiger partial charge in [-0.25, -0.2) is 9.59 Å². The average molecular weight is 279 g/mol. The van der Waals surface area contributed by atoms with Crippen LogP contribution in [0.2, 0.25) is 0 Å². The topological polar surface area (TPSA) is 81.7 Å². The molecule has 0 spiro atoms. The van der Waals surface area contributed by atoms with E-state index in [4.69, 9.17) is 4.74 Å². The van der Waals surface area contributed by atoms with Crippen LogP contribution in [0.5, 0.6) is 0 Å². The molecule has 0 aliphatic carbocycles. The predicted molar refractivity (Wildman–Crippen MR) is 71.4 cm³/mol. The van der Waals surface area contributed by atoms with Crippen molar-refractivity contribution >= 4 is 17.8 Å². The van der Waals surface area contributed by atoms with E-state index < -0.39 is 23.9 Å². The normalized spacial score (nSPS) is 11.3. The summed E-state index contributed by atoms with van der Waals surface area (Å²) in [5, 5.41) is 2.22. The molecule has 1 atom stereocenters. The molecule has 0 saturated carbocycles. The predicted octanol–water partition coefficient (Wildman–Crippen LogP) is 1.55. The summed E-state index contributed by atoms with van der Waals surface area (Å²) in [4.78, 5) is 35.4. The number of carbonyl (C=O) groups excluding carboxylic acids is 3. The largest absolute Gasteiger partial charge is 0.464 e. The maximum atomic E-state index is 12.2.